The van der Waals surface area contributed by atoms with Gasteiger partial charge in [0.05, 0.1) is 12.7 Å². The zero-order valence-corrected chi connectivity index (χ0v) is 12.0. The van der Waals surface area contributed by atoms with Crippen LogP contribution in [0.2, 0.25) is 0 Å². The van der Waals surface area contributed by atoms with Crippen molar-refractivity contribution in [2.45, 2.75) is 20.0 Å². The smallest absolute Gasteiger partial charge is 0.414 e. The Morgan fingerprint density at radius 2 is 2.33 bits per heavy atom. The molecule has 2 aromatic rings. The topological polar surface area (TPSA) is 59.4 Å². The third kappa shape index (κ3) is 2.99. The molecule has 1 N–H and O–H groups in total. The number of anilines is 2. The molecule has 3 rings (SSSR count). The number of amides is 1. The number of aryl methyl sites for hydroxylation is 1. The van der Waals surface area contributed by atoms with Gasteiger partial charge in [0.2, 0.25) is 0 Å². The third-order valence-electron chi connectivity index (χ3n) is 3.43. The molecule has 0 spiro atoms. The maximum atomic E-state index is 11.6. The fraction of sp³-hybridized carbons (Fsp3) is 0.333. The lowest BCUT2D eigenvalue weighted by Crippen LogP contribution is -2.23. The number of benzene rings is 1. The van der Waals surface area contributed by atoms with Gasteiger partial charge in [-0.25, -0.2) is 4.79 Å². The molecule has 6 nitrogen and oxygen atoms in total. The minimum Gasteiger partial charge on any atom is -0.447 e. The zero-order chi connectivity index (χ0) is 14.7. The van der Waals surface area contributed by atoms with E-state index in [2.05, 4.69) is 17.3 Å². The summed E-state index contributed by atoms with van der Waals surface area (Å²) in [7, 11) is 0. The first kappa shape index (κ1) is 13.5. The van der Waals surface area contributed by atoms with Gasteiger partial charge < -0.3 is 10.1 Å². The Kier molecular flexibility index (Phi) is 3.77. The first-order valence-electron chi connectivity index (χ1n) is 7.06. The molecule has 0 bridgehead atoms. The predicted octanol–water partition coefficient (Wildman–Crippen LogP) is 2.47. The van der Waals surface area contributed by atoms with E-state index < -0.39 is 0 Å². The number of hydrogen-bond acceptors (Lipinski definition) is 4. The minimum absolute atomic E-state index is 0.281. The summed E-state index contributed by atoms with van der Waals surface area (Å²) in [5, 5.41) is 7.59. The van der Waals surface area contributed by atoms with Crippen LogP contribution in [0.15, 0.2) is 36.7 Å². The second-order valence-electron chi connectivity index (χ2n) is 4.87. The number of cyclic esters (lactones) is 1. The van der Waals surface area contributed by atoms with Crippen molar-refractivity contribution in [3.8, 4) is 0 Å². The van der Waals surface area contributed by atoms with E-state index in [4.69, 9.17) is 4.74 Å². The van der Waals surface area contributed by atoms with Crippen LogP contribution in [-0.4, -0.2) is 29.0 Å². The van der Waals surface area contributed by atoms with Crippen LogP contribution in [0, 0.1) is 0 Å². The molecule has 0 atom stereocenters. The van der Waals surface area contributed by atoms with E-state index in [1.165, 1.54) is 0 Å². The van der Waals surface area contributed by atoms with Crippen LogP contribution in [0.5, 0.6) is 0 Å². The highest BCUT2D eigenvalue weighted by Gasteiger charge is 2.23. The summed E-state index contributed by atoms with van der Waals surface area (Å²) in [6, 6.07) is 7.78. The van der Waals surface area contributed by atoms with Gasteiger partial charge in [0, 0.05) is 36.2 Å². The van der Waals surface area contributed by atoms with Gasteiger partial charge in [0.25, 0.3) is 0 Å². The molecule has 1 aliphatic heterocycles. The summed E-state index contributed by atoms with van der Waals surface area (Å²) in [6.45, 7) is 4.68. The van der Waals surface area contributed by atoms with Crippen molar-refractivity contribution >= 4 is 17.5 Å². The van der Waals surface area contributed by atoms with Crippen molar-refractivity contribution in [2.75, 3.05) is 23.4 Å². The Hall–Kier alpha value is -2.50. The maximum absolute atomic E-state index is 11.6. The van der Waals surface area contributed by atoms with Crippen molar-refractivity contribution in [3.63, 3.8) is 0 Å². The highest BCUT2D eigenvalue weighted by atomic mass is 16.6. The van der Waals surface area contributed by atoms with E-state index in [9.17, 15) is 4.79 Å². The Morgan fingerprint density at radius 3 is 3.05 bits per heavy atom. The molecular weight excluding hydrogens is 268 g/mol. The lowest BCUT2D eigenvalue weighted by molar-refractivity contribution is 0.181. The molecule has 0 radical (unpaired) electrons. The molecule has 6 heteroatoms. The van der Waals surface area contributed by atoms with Crippen LogP contribution in [0.4, 0.5) is 16.2 Å². The first-order chi connectivity index (χ1) is 10.3. The van der Waals surface area contributed by atoms with Gasteiger partial charge in [-0.05, 0) is 25.1 Å². The lowest BCUT2D eigenvalue weighted by Gasteiger charge is -2.14. The fourth-order valence-electron chi connectivity index (χ4n) is 2.29. The maximum Gasteiger partial charge on any atom is 0.414 e. The third-order valence-corrected chi connectivity index (χ3v) is 3.43. The summed E-state index contributed by atoms with van der Waals surface area (Å²) in [4.78, 5) is 13.2. The van der Waals surface area contributed by atoms with E-state index in [1.807, 2.05) is 41.3 Å². The number of ether oxygens (including phenoxy) is 1. The standard InChI is InChI=1S/C15H18N4O2/c1-2-18-11-12(10-17-18)9-16-13-4-3-5-14(8-13)19-6-7-21-15(19)20/h3-5,8,10-11,16H,2,6-7,9H2,1H3. The minimum atomic E-state index is -0.281. The molecule has 21 heavy (non-hydrogen) atoms. The molecule has 0 aliphatic carbocycles. The Balaban J connectivity index is 1.67. The van der Waals surface area contributed by atoms with Crippen molar-refractivity contribution in [1.82, 2.24) is 9.78 Å². The first-order valence-corrected chi connectivity index (χ1v) is 7.06. The summed E-state index contributed by atoms with van der Waals surface area (Å²) in [5.41, 5.74) is 2.95. The van der Waals surface area contributed by atoms with Gasteiger partial charge in [-0.15, -0.1) is 0 Å². The molecule has 1 aromatic heterocycles. The summed E-state index contributed by atoms with van der Waals surface area (Å²) < 4.78 is 6.86. The normalized spacial score (nSPS) is 14.3. The van der Waals surface area contributed by atoms with E-state index >= 15 is 0 Å². The molecule has 0 saturated carbocycles. The van der Waals surface area contributed by atoms with Gasteiger partial charge in [-0.1, -0.05) is 6.07 Å². The van der Waals surface area contributed by atoms with Crippen molar-refractivity contribution in [1.29, 1.82) is 0 Å². The molecule has 1 aromatic carbocycles. The lowest BCUT2D eigenvalue weighted by atomic mass is 10.2. The SMILES string of the molecule is CCn1cc(CNc2cccc(N3CCOC3=O)c2)cn1. The molecule has 0 unspecified atom stereocenters. The number of hydrogen-bond donors (Lipinski definition) is 1. The number of carbonyl (C=O) groups is 1. The molecule has 110 valence electrons. The van der Waals surface area contributed by atoms with Gasteiger partial charge in [0.1, 0.15) is 6.61 Å². The second-order valence-corrected chi connectivity index (χ2v) is 4.87. The fourth-order valence-corrected chi connectivity index (χ4v) is 2.29. The van der Waals surface area contributed by atoms with Crippen LogP contribution < -0.4 is 10.2 Å². The average molecular weight is 286 g/mol. The van der Waals surface area contributed by atoms with E-state index in [-0.39, 0.29) is 6.09 Å². The van der Waals surface area contributed by atoms with Gasteiger partial charge >= 0.3 is 6.09 Å². The van der Waals surface area contributed by atoms with E-state index in [0.29, 0.717) is 19.7 Å². The molecule has 1 amide bonds. The monoisotopic (exact) mass is 286 g/mol. The number of nitrogens with zero attached hydrogens (tertiary/aromatic N) is 3. The Morgan fingerprint density at radius 1 is 1.43 bits per heavy atom. The zero-order valence-electron chi connectivity index (χ0n) is 12.0. The molecule has 1 fully saturated rings. The summed E-state index contributed by atoms with van der Waals surface area (Å²) in [6.07, 6.45) is 3.60. The van der Waals surface area contributed by atoms with Crippen molar-refractivity contribution < 1.29 is 9.53 Å². The average Bonchev–Trinajstić information content (AvgIpc) is 3.14. The molecule has 1 saturated heterocycles. The molecular formula is C15H18N4O2. The number of aromatic nitrogens is 2. The van der Waals surface area contributed by atoms with E-state index in [1.54, 1.807) is 4.90 Å². The van der Waals surface area contributed by atoms with E-state index in [0.717, 1.165) is 23.5 Å². The Bertz CT molecular complexity index is 638. The predicted molar refractivity (Wildman–Crippen MR) is 80.4 cm³/mol. The highest BCUT2D eigenvalue weighted by Crippen LogP contribution is 2.22. The van der Waals surface area contributed by atoms with Crippen molar-refractivity contribution in [2.24, 2.45) is 0 Å². The molecule has 2 heterocycles. The van der Waals surface area contributed by atoms with Crippen LogP contribution in [-0.2, 0) is 17.8 Å². The highest BCUT2D eigenvalue weighted by molar-refractivity contribution is 5.89. The number of carbonyl (C=O) groups excluding carboxylic acids is 1. The summed E-state index contributed by atoms with van der Waals surface area (Å²) in [5.74, 6) is 0. The van der Waals surface area contributed by atoms with Crippen LogP contribution in [0.1, 0.15) is 12.5 Å². The summed E-state index contributed by atoms with van der Waals surface area (Å²) >= 11 is 0. The van der Waals surface area contributed by atoms with Gasteiger partial charge in [-0.2, -0.15) is 5.10 Å². The van der Waals surface area contributed by atoms with Crippen LogP contribution >= 0.6 is 0 Å². The van der Waals surface area contributed by atoms with Gasteiger partial charge in [0.15, 0.2) is 0 Å². The second kappa shape index (κ2) is 5.87. The number of rotatable bonds is 5. The Labute approximate surface area is 123 Å². The largest absolute Gasteiger partial charge is 0.447 e. The van der Waals surface area contributed by atoms with Crippen molar-refractivity contribution in [3.05, 3.63) is 42.2 Å². The van der Waals surface area contributed by atoms with Gasteiger partial charge in [-0.3, -0.25) is 9.58 Å². The van der Waals surface area contributed by atoms with Crippen LogP contribution in [0.25, 0.3) is 0 Å². The van der Waals surface area contributed by atoms with Crippen LogP contribution in [0.3, 0.4) is 0 Å². The quantitative estimate of drug-likeness (QED) is 0.917. The molecule has 1 aliphatic rings. The number of nitrogens with one attached hydrogen (secondary N) is 1.